The molecule has 0 aliphatic carbocycles. The minimum atomic E-state index is -0.705. The lowest BCUT2D eigenvalue weighted by Gasteiger charge is -2.34. The maximum Gasteiger partial charge on any atom is 0.309 e. The van der Waals surface area contributed by atoms with Crippen molar-refractivity contribution in [3.05, 3.63) is 35.9 Å². The minimum absolute atomic E-state index is 0.121. The summed E-state index contributed by atoms with van der Waals surface area (Å²) in [4.78, 5) is 11.4. The molecule has 0 fully saturated rings. The Morgan fingerprint density at radius 2 is 1.71 bits per heavy atom. The van der Waals surface area contributed by atoms with Gasteiger partial charge in [0.1, 0.15) is 0 Å². The predicted molar refractivity (Wildman–Crippen MR) is 70.1 cm³/mol. The first-order chi connectivity index (χ1) is 7.82. The van der Waals surface area contributed by atoms with Crippen molar-refractivity contribution in [1.29, 1.82) is 0 Å². The average molecular weight is 234 g/mol. The smallest absolute Gasteiger partial charge is 0.309 e. The number of carboxylic acid groups (broad SMARTS) is 1. The molecule has 1 aromatic rings. The van der Waals surface area contributed by atoms with Crippen LogP contribution < -0.4 is 0 Å². The molecule has 2 nitrogen and oxygen atoms in total. The molecule has 1 unspecified atom stereocenters. The standard InChI is InChI=1S/C15H22O2/c1-5-15(4,13(16)17)11-14(2,3)12-9-7-6-8-10-12/h6-10H,5,11H2,1-4H3,(H,16,17). The number of aliphatic carboxylic acids is 1. The molecule has 1 aromatic carbocycles. The van der Waals surface area contributed by atoms with Gasteiger partial charge in [0.2, 0.25) is 0 Å². The number of benzene rings is 1. The molecule has 0 aromatic heterocycles. The van der Waals surface area contributed by atoms with Crippen LogP contribution in [-0.2, 0) is 10.2 Å². The van der Waals surface area contributed by atoms with Crippen molar-refractivity contribution < 1.29 is 9.90 Å². The third-order valence-corrected chi connectivity index (χ3v) is 3.68. The lowest BCUT2D eigenvalue weighted by atomic mass is 9.69. The molecular weight excluding hydrogens is 212 g/mol. The Morgan fingerprint density at radius 1 is 1.18 bits per heavy atom. The molecule has 0 bridgehead atoms. The Morgan fingerprint density at radius 3 is 2.12 bits per heavy atom. The van der Waals surface area contributed by atoms with E-state index in [0.29, 0.717) is 12.8 Å². The van der Waals surface area contributed by atoms with E-state index in [-0.39, 0.29) is 5.41 Å². The van der Waals surface area contributed by atoms with Gasteiger partial charge in [0, 0.05) is 0 Å². The first-order valence-corrected chi connectivity index (χ1v) is 6.11. The van der Waals surface area contributed by atoms with Gasteiger partial charge in [0.25, 0.3) is 0 Å². The van der Waals surface area contributed by atoms with Crippen molar-refractivity contribution in [3.8, 4) is 0 Å². The van der Waals surface area contributed by atoms with Gasteiger partial charge < -0.3 is 5.11 Å². The third kappa shape index (κ3) is 3.09. The Labute approximate surface area is 104 Å². The summed E-state index contributed by atoms with van der Waals surface area (Å²) < 4.78 is 0. The van der Waals surface area contributed by atoms with Crippen LogP contribution in [0.15, 0.2) is 30.3 Å². The van der Waals surface area contributed by atoms with Crippen molar-refractivity contribution in [3.63, 3.8) is 0 Å². The van der Waals surface area contributed by atoms with E-state index in [2.05, 4.69) is 26.0 Å². The van der Waals surface area contributed by atoms with E-state index in [9.17, 15) is 9.90 Å². The molecule has 0 heterocycles. The lowest BCUT2D eigenvalue weighted by molar-refractivity contribution is -0.149. The van der Waals surface area contributed by atoms with Crippen LogP contribution in [0.2, 0.25) is 0 Å². The summed E-state index contributed by atoms with van der Waals surface area (Å²) >= 11 is 0. The summed E-state index contributed by atoms with van der Waals surface area (Å²) in [6.45, 7) is 7.99. The summed E-state index contributed by atoms with van der Waals surface area (Å²) in [5.74, 6) is -0.705. The van der Waals surface area contributed by atoms with Crippen molar-refractivity contribution in [2.45, 2.75) is 46.0 Å². The second-order valence-electron chi connectivity index (χ2n) is 5.65. The van der Waals surface area contributed by atoms with Gasteiger partial charge in [-0.2, -0.15) is 0 Å². The summed E-state index contributed by atoms with van der Waals surface area (Å²) in [6, 6.07) is 10.1. The predicted octanol–water partition coefficient (Wildman–Crippen LogP) is 3.86. The molecule has 1 atom stereocenters. The fourth-order valence-corrected chi connectivity index (χ4v) is 2.32. The lowest BCUT2D eigenvalue weighted by Crippen LogP contribution is -2.34. The Bertz CT molecular complexity index is 381. The highest BCUT2D eigenvalue weighted by atomic mass is 16.4. The number of rotatable bonds is 5. The zero-order valence-corrected chi connectivity index (χ0v) is 11.2. The zero-order valence-electron chi connectivity index (χ0n) is 11.2. The number of carbonyl (C=O) groups is 1. The first kappa shape index (κ1) is 13.8. The van der Waals surface area contributed by atoms with Crippen molar-refractivity contribution in [1.82, 2.24) is 0 Å². The Kier molecular flexibility index (Phi) is 3.97. The third-order valence-electron chi connectivity index (χ3n) is 3.68. The molecule has 1 N–H and O–H groups in total. The molecule has 17 heavy (non-hydrogen) atoms. The van der Waals surface area contributed by atoms with Crippen molar-refractivity contribution in [2.75, 3.05) is 0 Å². The second kappa shape index (κ2) is 4.91. The van der Waals surface area contributed by atoms with Crippen LogP contribution in [0.4, 0.5) is 0 Å². The van der Waals surface area contributed by atoms with Gasteiger partial charge in [-0.25, -0.2) is 0 Å². The molecule has 0 amide bonds. The van der Waals surface area contributed by atoms with Crippen LogP contribution in [0.3, 0.4) is 0 Å². The van der Waals surface area contributed by atoms with Crippen LogP contribution in [0.5, 0.6) is 0 Å². The maximum atomic E-state index is 11.4. The van der Waals surface area contributed by atoms with Crippen LogP contribution >= 0.6 is 0 Å². The molecular formula is C15H22O2. The summed E-state index contributed by atoms with van der Waals surface area (Å²) in [7, 11) is 0. The monoisotopic (exact) mass is 234 g/mol. The summed E-state index contributed by atoms with van der Waals surface area (Å²) in [6.07, 6.45) is 1.30. The van der Waals surface area contributed by atoms with Crippen molar-refractivity contribution in [2.24, 2.45) is 5.41 Å². The molecule has 2 heteroatoms. The van der Waals surface area contributed by atoms with Gasteiger partial charge in [-0.3, -0.25) is 4.79 Å². The molecule has 0 aliphatic heterocycles. The van der Waals surface area contributed by atoms with Crippen LogP contribution in [0.1, 0.15) is 46.1 Å². The summed E-state index contributed by atoms with van der Waals surface area (Å²) in [5, 5.41) is 9.34. The summed E-state index contributed by atoms with van der Waals surface area (Å²) in [5.41, 5.74) is 0.421. The van der Waals surface area contributed by atoms with E-state index in [4.69, 9.17) is 0 Å². The topological polar surface area (TPSA) is 37.3 Å². The van der Waals surface area contributed by atoms with Crippen molar-refractivity contribution >= 4 is 5.97 Å². The van der Waals surface area contributed by atoms with E-state index in [1.54, 1.807) is 0 Å². The second-order valence-corrected chi connectivity index (χ2v) is 5.65. The van der Waals surface area contributed by atoms with Gasteiger partial charge in [0.15, 0.2) is 0 Å². The van der Waals surface area contributed by atoms with Gasteiger partial charge in [-0.1, -0.05) is 51.1 Å². The largest absolute Gasteiger partial charge is 0.481 e. The molecule has 0 spiro atoms. The fourth-order valence-electron chi connectivity index (χ4n) is 2.32. The SMILES string of the molecule is CCC(C)(CC(C)(C)c1ccccc1)C(=O)O. The Hall–Kier alpha value is -1.31. The zero-order chi connectivity index (χ0) is 13.1. The number of carboxylic acids is 1. The minimum Gasteiger partial charge on any atom is -0.481 e. The van der Waals surface area contributed by atoms with E-state index in [1.807, 2.05) is 32.0 Å². The molecule has 0 saturated heterocycles. The van der Waals surface area contributed by atoms with Gasteiger partial charge in [0.05, 0.1) is 5.41 Å². The molecule has 1 rings (SSSR count). The van der Waals surface area contributed by atoms with Crippen LogP contribution in [-0.4, -0.2) is 11.1 Å². The Balaban J connectivity index is 2.97. The van der Waals surface area contributed by atoms with E-state index in [1.165, 1.54) is 5.56 Å². The van der Waals surface area contributed by atoms with E-state index in [0.717, 1.165) is 0 Å². The molecule has 0 radical (unpaired) electrons. The maximum absolute atomic E-state index is 11.4. The fraction of sp³-hybridized carbons (Fsp3) is 0.533. The quantitative estimate of drug-likeness (QED) is 0.840. The van der Waals surface area contributed by atoms with Gasteiger partial charge in [-0.15, -0.1) is 0 Å². The molecule has 0 saturated carbocycles. The molecule has 0 aliphatic rings. The highest BCUT2D eigenvalue weighted by Crippen LogP contribution is 2.38. The van der Waals surface area contributed by atoms with Gasteiger partial charge in [-0.05, 0) is 30.7 Å². The highest BCUT2D eigenvalue weighted by Gasteiger charge is 2.37. The van der Waals surface area contributed by atoms with E-state index < -0.39 is 11.4 Å². The van der Waals surface area contributed by atoms with Crippen LogP contribution in [0.25, 0.3) is 0 Å². The highest BCUT2D eigenvalue weighted by molar-refractivity contribution is 5.74. The van der Waals surface area contributed by atoms with Gasteiger partial charge >= 0.3 is 5.97 Å². The number of hydrogen-bond acceptors (Lipinski definition) is 1. The van der Waals surface area contributed by atoms with E-state index >= 15 is 0 Å². The normalized spacial score (nSPS) is 15.3. The molecule has 94 valence electrons. The first-order valence-electron chi connectivity index (χ1n) is 6.11. The van der Waals surface area contributed by atoms with Crippen LogP contribution in [0, 0.1) is 5.41 Å². The number of hydrogen-bond donors (Lipinski definition) is 1. The average Bonchev–Trinajstić information content (AvgIpc) is 2.29.